The Morgan fingerprint density at radius 1 is 1.24 bits per heavy atom. The average molecular weight is 344 g/mol. The Labute approximate surface area is 149 Å². The molecular formula is C19H28N4O2. The van der Waals surface area contributed by atoms with Crippen LogP contribution in [0.2, 0.25) is 0 Å². The van der Waals surface area contributed by atoms with Crippen LogP contribution in [0.15, 0.2) is 39.8 Å². The molecule has 1 aromatic heterocycles. The lowest BCUT2D eigenvalue weighted by atomic mass is 10.0. The fourth-order valence-corrected chi connectivity index (χ4v) is 2.51. The number of para-hydroxylation sites is 1. The molecule has 0 fully saturated rings. The maximum absolute atomic E-state index is 5.43. The van der Waals surface area contributed by atoms with Crippen LogP contribution in [0.1, 0.15) is 49.6 Å². The number of hydrogen-bond acceptors (Lipinski definition) is 4. The molecule has 2 aromatic rings. The molecule has 0 saturated heterocycles. The third kappa shape index (κ3) is 5.24. The normalized spacial score (nSPS) is 13.0. The average Bonchev–Trinajstić information content (AvgIpc) is 3.11. The quantitative estimate of drug-likeness (QED) is 0.596. The first-order valence-electron chi connectivity index (χ1n) is 8.58. The summed E-state index contributed by atoms with van der Waals surface area (Å²) in [4.78, 5) is 4.25. The first-order valence-corrected chi connectivity index (χ1v) is 8.58. The van der Waals surface area contributed by atoms with Gasteiger partial charge >= 0.3 is 0 Å². The maximum atomic E-state index is 5.43. The van der Waals surface area contributed by atoms with E-state index in [0.717, 1.165) is 29.7 Å². The molecule has 0 radical (unpaired) electrons. The fraction of sp³-hybridized carbons (Fsp3) is 0.474. The molecule has 0 spiro atoms. The minimum absolute atomic E-state index is 0.285. The highest BCUT2D eigenvalue weighted by Crippen LogP contribution is 2.25. The van der Waals surface area contributed by atoms with E-state index < -0.39 is 0 Å². The van der Waals surface area contributed by atoms with Crippen LogP contribution in [-0.4, -0.2) is 31.8 Å². The monoisotopic (exact) mass is 344 g/mol. The van der Waals surface area contributed by atoms with Gasteiger partial charge in [0.2, 0.25) is 0 Å². The maximum Gasteiger partial charge on any atom is 0.191 e. The SMILES string of the molecule is CN=C(NCc1cc(C(C)C)no1)NCC(C)c1ccccc1OC. The molecule has 136 valence electrons. The highest BCUT2D eigenvalue weighted by Gasteiger charge is 2.12. The Bertz CT molecular complexity index is 694. The van der Waals surface area contributed by atoms with Crippen LogP contribution in [0.3, 0.4) is 0 Å². The lowest BCUT2D eigenvalue weighted by Gasteiger charge is -2.18. The molecule has 0 saturated carbocycles. The van der Waals surface area contributed by atoms with Crippen molar-refractivity contribution in [2.45, 2.75) is 39.2 Å². The van der Waals surface area contributed by atoms with Crippen molar-refractivity contribution in [1.82, 2.24) is 15.8 Å². The second-order valence-corrected chi connectivity index (χ2v) is 6.32. The Morgan fingerprint density at radius 2 is 2.00 bits per heavy atom. The van der Waals surface area contributed by atoms with E-state index in [1.165, 1.54) is 5.56 Å². The lowest BCUT2D eigenvalue weighted by molar-refractivity contribution is 0.372. The number of rotatable bonds is 7. The molecule has 6 heteroatoms. The zero-order chi connectivity index (χ0) is 18.2. The van der Waals surface area contributed by atoms with E-state index in [-0.39, 0.29) is 5.92 Å². The second kappa shape index (κ2) is 9.11. The molecule has 2 N–H and O–H groups in total. The molecule has 2 rings (SSSR count). The fourth-order valence-electron chi connectivity index (χ4n) is 2.51. The minimum Gasteiger partial charge on any atom is -0.496 e. The Kier molecular flexibility index (Phi) is 6.86. The first-order chi connectivity index (χ1) is 12.0. The number of guanidine groups is 1. The summed E-state index contributed by atoms with van der Waals surface area (Å²) in [6, 6.07) is 10.0. The van der Waals surface area contributed by atoms with Crippen LogP contribution in [-0.2, 0) is 6.54 Å². The highest BCUT2D eigenvalue weighted by molar-refractivity contribution is 5.79. The van der Waals surface area contributed by atoms with Gasteiger partial charge < -0.3 is 19.9 Å². The van der Waals surface area contributed by atoms with Crippen LogP contribution in [0.25, 0.3) is 0 Å². The highest BCUT2D eigenvalue weighted by atomic mass is 16.5. The summed E-state index contributed by atoms with van der Waals surface area (Å²) in [5.41, 5.74) is 2.13. The van der Waals surface area contributed by atoms with Gasteiger partial charge in [-0.3, -0.25) is 4.99 Å². The van der Waals surface area contributed by atoms with Crippen molar-refractivity contribution in [2.75, 3.05) is 20.7 Å². The number of benzene rings is 1. The zero-order valence-corrected chi connectivity index (χ0v) is 15.7. The van der Waals surface area contributed by atoms with Gasteiger partial charge in [0.05, 0.1) is 19.3 Å². The lowest BCUT2D eigenvalue weighted by Crippen LogP contribution is -2.38. The van der Waals surface area contributed by atoms with E-state index in [0.29, 0.717) is 12.5 Å². The summed E-state index contributed by atoms with van der Waals surface area (Å²) in [7, 11) is 3.45. The van der Waals surface area contributed by atoms with Crippen molar-refractivity contribution in [3.8, 4) is 5.75 Å². The molecule has 1 atom stereocenters. The molecule has 0 aliphatic heterocycles. The van der Waals surface area contributed by atoms with E-state index in [1.54, 1.807) is 14.2 Å². The molecule has 0 aliphatic rings. The molecule has 25 heavy (non-hydrogen) atoms. The predicted octanol–water partition coefficient (Wildman–Crippen LogP) is 3.28. The van der Waals surface area contributed by atoms with Crippen molar-refractivity contribution in [3.63, 3.8) is 0 Å². The molecule has 0 amide bonds. The third-order valence-electron chi connectivity index (χ3n) is 4.07. The number of ether oxygens (including phenoxy) is 1. The largest absolute Gasteiger partial charge is 0.496 e. The summed E-state index contributed by atoms with van der Waals surface area (Å²) in [6.07, 6.45) is 0. The van der Waals surface area contributed by atoms with Gasteiger partial charge in [-0.1, -0.05) is 44.1 Å². The van der Waals surface area contributed by atoms with Gasteiger partial charge in [0.25, 0.3) is 0 Å². The predicted molar refractivity (Wildman–Crippen MR) is 100 cm³/mol. The molecule has 0 bridgehead atoms. The van der Waals surface area contributed by atoms with Gasteiger partial charge in [-0.15, -0.1) is 0 Å². The van der Waals surface area contributed by atoms with Crippen LogP contribution in [0, 0.1) is 0 Å². The number of aliphatic imine (C=N–C) groups is 1. The van der Waals surface area contributed by atoms with Gasteiger partial charge in [0.15, 0.2) is 11.7 Å². The van der Waals surface area contributed by atoms with Crippen LogP contribution in [0.5, 0.6) is 5.75 Å². The van der Waals surface area contributed by atoms with Crippen molar-refractivity contribution in [1.29, 1.82) is 0 Å². The number of aromatic nitrogens is 1. The smallest absolute Gasteiger partial charge is 0.191 e. The standard InChI is InChI=1S/C19H28N4O2/c1-13(2)17-10-15(25-23-17)12-22-19(20-4)21-11-14(3)16-8-6-7-9-18(16)24-5/h6-10,13-14H,11-12H2,1-5H3,(H2,20,21,22). The van der Waals surface area contributed by atoms with Gasteiger partial charge in [-0.25, -0.2) is 0 Å². The molecular weight excluding hydrogens is 316 g/mol. The summed E-state index contributed by atoms with van der Waals surface area (Å²) >= 11 is 0. The molecule has 1 heterocycles. The summed E-state index contributed by atoms with van der Waals surface area (Å²) in [5.74, 6) is 3.07. The summed E-state index contributed by atoms with van der Waals surface area (Å²) < 4.78 is 10.8. The number of nitrogens with zero attached hydrogens (tertiary/aromatic N) is 2. The Balaban J connectivity index is 1.87. The third-order valence-corrected chi connectivity index (χ3v) is 4.07. The van der Waals surface area contributed by atoms with Crippen molar-refractivity contribution < 1.29 is 9.26 Å². The number of hydrogen-bond donors (Lipinski definition) is 2. The van der Waals surface area contributed by atoms with Gasteiger partial charge in [-0.2, -0.15) is 0 Å². The van der Waals surface area contributed by atoms with E-state index in [1.807, 2.05) is 24.3 Å². The molecule has 1 aromatic carbocycles. The van der Waals surface area contributed by atoms with Crippen LogP contribution < -0.4 is 15.4 Å². The van der Waals surface area contributed by atoms with E-state index in [4.69, 9.17) is 9.26 Å². The van der Waals surface area contributed by atoms with Gasteiger partial charge in [0.1, 0.15) is 5.75 Å². The first kappa shape index (κ1) is 18.8. The molecule has 1 unspecified atom stereocenters. The van der Waals surface area contributed by atoms with E-state index >= 15 is 0 Å². The second-order valence-electron chi connectivity index (χ2n) is 6.32. The Morgan fingerprint density at radius 3 is 2.64 bits per heavy atom. The zero-order valence-electron chi connectivity index (χ0n) is 15.7. The topological polar surface area (TPSA) is 71.7 Å². The van der Waals surface area contributed by atoms with Crippen LogP contribution in [0.4, 0.5) is 0 Å². The number of methoxy groups -OCH3 is 1. The minimum atomic E-state index is 0.285. The van der Waals surface area contributed by atoms with E-state index in [2.05, 4.69) is 47.6 Å². The van der Waals surface area contributed by atoms with E-state index in [9.17, 15) is 0 Å². The Hall–Kier alpha value is -2.50. The molecule has 6 nitrogen and oxygen atoms in total. The van der Waals surface area contributed by atoms with Crippen molar-refractivity contribution in [2.24, 2.45) is 4.99 Å². The van der Waals surface area contributed by atoms with Crippen molar-refractivity contribution in [3.05, 3.63) is 47.3 Å². The molecule has 0 aliphatic carbocycles. The summed E-state index contributed by atoms with van der Waals surface area (Å²) in [6.45, 7) is 7.63. The summed E-state index contributed by atoms with van der Waals surface area (Å²) in [5, 5.41) is 10.7. The van der Waals surface area contributed by atoms with Crippen molar-refractivity contribution >= 4 is 5.96 Å². The van der Waals surface area contributed by atoms with Crippen LogP contribution >= 0.6 is 0 Å². The van der Waals surface area contributed by atoms with Gasteiger partial charge in [0, 0.05) is 25.6 Å². The number of nitrogens with one attached hydrogen (secondary N) is 2. The van der Waals surface area contributed by atoms with Gasteiger partial charge in [-0.05, 0) is 17.5 Å².